The molecule has 2 heterocycles. The lowest BCUT2D eigenvalue weighted by atomic mass is 10.1. The molecular weight excluding hydrogens is 723 g/mol. The van der Waals surface area contributed by atoms with E-state index in [9.17, 15) is 26.3 Å². The van der Waals surface area contributed by atoms with Crippen molar-refractivity contribution in [1.29, 1.82) is 5.41 Å². The molecule has 19 heteroatoms. The van der Waals surface area contributed by atoms with Gasteiger partial charge in [0, 0.05) is 37.0 Å². The smallest absolute Gasteiger partial charge is 0.490 e. The standard InChI is InChI=1S/C30H38FN5O3.2C2HF3O2/c1-5-38-25-16-26(29(31)27(17-25)39-20(2)3)36(23-13-11-21(12-14-23)30(32)33)18-22-8-6-10-28(34-22)35-15-7-9-24(35)19-37-4;2*3-2(4,5)1(6)7/h6,8,10-14,16-17,20,24H,5,7,9,15,18-19H2,1-4H3,(H3,32,33);2*(H,6,7)/t24-;;/m1../s1. The van der Waals surface area contributed by atoms with Gasteiger partial charge in [-0.3, -0.25) is 5.41 Å². The van der Waals surface area contributed by atoms with E-state index < -0.39 is 30.1 Å². The maximum absolute atomic E-state index is 16.0. The van der Waals surface area contributed by atoms with Crippen molar-refractivity contribution in [3.05, 3.63) is 71.7 Å². The Balaban J connectivity index is 0.000000587. The molecule has 5 N–H and O–H groups in total. The van der Waals surface area contributed by atoms with Crippen molar-refractivity contribution < 1.29 is 64.7 Å². The quantitative estimate of drug-likeness (QED) is 0.0859. The van der Waals surface area contributed by atoms with Crippen LogP contribution in [0.2, 0.25) is 0 Å². The van der Waals surface area contributed by atoms with Crippen LogP contribution in [0.3, 0.4) is 0 Å². The van der Waals surface area contributed by atoms with Gasteiger partial charge in [-0.15, -0.1) is 0 Å². The van der Waals surface area contributed by atoms with E-state index in [-0.39, 0.29) is 23.7 Å². The second-order valence-corrected chi connectivity index (χ2v) is 11.4. The second-order valence-electron chi connectivity index (χ2n) is 11.4. The van der Waals surface area contributed by atoms with Crippen LogP contribution in [0.4, 0.5) is 47.9 Å². The number of methoxy groups -OCH3 is 1. The fraction of sp³-hybridized carbons (Fsp3) is 0.412. The third-order valence-electron chi connectivity index (χ3n) is 7.08. The van der Waals surface area contributed by atoms with Crippen LogP contribution in [0.25, 0.3) is 0 Å². The van der Waals surface area contributed by atoms with Gasteiger partial charge in [0.1, 0.15) is 17.4 Å². The number of hydrogen-bond donors (Lipinski definition) is 4. The number of nitrogen functional groups attached to an aromatic ring is 1. The number of rotatable bonds is 12. The van der Waals surface area contributed by atoms with E-state index in [4.69, 9.17) is 50.1 Å². The molecule has 3 aromatic rings. The summed E-state index contributed by atoms with van der Waals surface area (Å²) in [5.74, 6) is -4.52. The van der Waals surface area contributed by atoms with Crippen molar-refractivity contribution >= 4 is 35.0 Å². The number of nitrogens with one attached hydrogen (secondary N) is 1. The Morgan fingerprint density at radius 2 is 1.62 bits per heavy atom. The molecule has 292 valence electrons. The maximum atomic E-state index is 16.0. The minimum absolute atomic E-state index is 0.0316. The van der Waals surface area contributed by atoms with Gasteiger partial charge < -0.3 is 40.0 Å². The van der Waals surface area contributed by atoms with Gasteiger partial charge in [-0.2, -0.15) is 26.3 Å². The molecule has 1 aliphatic rings. The summed E-state index contributed by atoms with van der Waals surface area (Å²) in [6, 6.07) is 16.6. The number of benzene rings is 2. The summed E-state index contributed by atoms with van der Waals surface area (Å²) in [6.45, 7) is 7.89. The minimum atomic E-state index is -5.08. The average molecular weight is 764 g/mol. The largest absolute Gasteiger partial charge is 0.494 e. The van der Waals surface area contributed by atoms with Crippen LogP contribution in [0, 0.1) is 11.2 Å². The highest BCUT2D eigenvalue weighted by Crippen LogP contribution is 2.38. The Labute approximate surface area is 300 Å². The van der Waals surface area contributed by atoms with Crippen LogP contribution in [0.1, 0.15) is 44.9 Å². The van der Waals surface area contributed by atoms with Gasteiger partial charge in [0.2, 0.25) is 0 Å². The molecule has 1 saturated heterocycles. The van der Waals surface area contributed by atoms with Crippen molar-refractivity contribution in [1.82, 2.24) is 4.98 Å². The lowest BCUT2D eigenvalue weighted by Gasteiger charge is -2.28. The molecule has 12 nitrogen and oxygen atoms in total. The molecular formula is C34H40F7N5O7. The number of nitrogens with two attached hydrogens (primary N) is 1. The highest BCUT2D eigenvalue weighted by atomic mass is 19.4. The summed E-state index contributed by atoms with van der Waals surface area (Å²) in [7, 11) is 1.72. The third-order valence-corrected chi connectivity index (χ3v) is 7.08. The third kappa shape index (κ3) is 13.6. The van der Waals surface area contributed by atoms with Gasteiger partial charge in [0.25, 0.3) is 0 Å². The van der Waals surface area contributed by atoms with Crippen molar-refractivity contribution in [2.75, 3.05) is 36.7 Å². The van der Waals surface area contributed by atoms with Gasteiger partial charge in [0.15, 0.2) is 11.6 Å². The Morgan fingerprint density at radius 3 is 2.11 bits per heavy atom. The van der Waals surface area contributed by atoms with E-state index in [1.54, 1.807) is 31.4 Å². The number of carboxylic acid groups (broad SMARTS) is 2. The summed E-state index contributed by atoms with van der Waals surface area (Å²) in [6.07, 6.45) is -8.24. The van der Waals surface area contributed by atoms with Crippen LogP contribution >= 0.6 is 0 Å². The zero-order valence-corrected chi connectivity index (χ0v) is 29.1. The Kier molecular flexibility index (Phi) is 16.1. The molecule has 0 aliphatic carbocycles. The fourth-order valence-electron chi connectivity index (χ4n) is 4.86. The van der Waals surface area contributed by atoms with E-state index in [1.807, 2.05) is 56.0 Å². The second kappa shape index (κ2) is 19.5. The number of hydrogen-bond acceptors (Lipinski definition) is 9. The zero-order chi connectivity index (χ0) is 40.1. The first-order valence-electron chi connectivity index (χ1n) is 15.9. The van der Waals surface area contributed by atoms with Gasteiger partial charge in [-0.05, 0) is 70.0 Å². The topological polar surface area (TPSA) is 172 Å². The number of ether oxygens (including phenoxy) is 3. The van der Waals surface area contributed by atoms with Crippen molar-refractivity contribution in [3.8, 4) is 11.5 Å². The van der Waals surface area contributed by atoms with Crippen molar-refractivity contribution in [3.63, 3.8) is 0 Å². The first-order valence-corrected chi connectivity index (χ1v) is 15.9. The summed E-state index contributed by atoms with van der Waals surface area (Å²) in [5.41, 5.74) is 8.06. The van der Waals surface area contributed by atoms with Crippen LogP contribution in [-0.2, 0) is 20.9 Å². The van der Waals surface area contributed by atoms with E-state index >= 15 is 4.39 Å². The van der Waals surface area contributed by atoms with E-state index in [0.717, 1.165) is 30.9 Å². The number of alkyl halides is 6. The summed E-state index contributed by atoms with van der Waals surface area (Å²) in [4.78, 5) is 26.9. The number of pyridine rings is 1. The molecule has 4 rings (SSSR count). The summed E-state index contributed by atoms with van der Waals surface area (Å²) >= 11 is 0. The molecule has 0 saturated carbocycles. The monoisotopic (exact) mass is 763 g/mol. The zero-order valence-electron chi connectivity index (χ0n) is 29.1. The molecule has 1 aromatic heterocycles. The number of anilines is 3. The Morgan fingerprint density at radius 1 is 1.04 bits per heavy atom. The number of aromatic nitrogens is 1. The van der Waals surface area contributed by atoms with Crippen molar-refractivity contribution in [2.24, 2.45) is 5.73 Å². The number of carboxylic acids is 2. The Bertz CT molecular complexity index is 1650. The summed E-state index contributed by atoms with van der Waals surface area (Å²) in [5, 5.41) is 22.0. The predicted octanol–water partition coefficient (Wildman–Crippen LogP) is 6.91. The average Bonchev–Trinajstić information content (AvgIpc) is 3.53. The van der Waals surface area contributed by atoms with Crippen molar-refractivity contribution in [2.45, 2.75) is 64.7 Å². The molecule has 1 aliphatic heterocycles. The highest BCUT2D eigenvalue weighted by molar-refractivity contribution is 5.95. The molecule has 0 bridgehead atoms. The van der Waals surface area contributed by atoms with Crippen LogP contribution in [0.5, 0.6) is 11.5 Å². The SMILES string of the molecule is CCOc1cc(OC(C)C)c(F)c(N(Cc2cccc(N3CCC[C@@H]3COC)n2)c2ccc(C(=N)N)cc2)c1.O=C(O)C(F)(F)F.O=C(O)C(F)(F)F. The Hall–Kier alpha value is -5.33. The van der Waals surface area contributed by atoms with Gasteiger partial charge in [-0.25, -0.2) is 19.0 Å². The molecule has 0 amide bonds. The van der Waals surface area contributed by atoms with E-state index in [1.165, 1.54) is 0 Å². The molecule has 0 radical (unpaired) electrons. The first-order chi connectivity index (χ1) is 24.7. The molecule has 2 aromatic carbocycles. The number of halogens is 7. The molecule has 1 atom stereocenters. The number of aliphatic carboxylic acids is 2. The first kappa shape index (κ1) is 43.8. The van der Waals surface area contributed by atoms with Gasteiger partial charge in [0.05, 0.1) is 43.3 Å². The van der Waals surface area contributed by atoms with E-state index in [2.05, 4.69) is 4.90 Å². The highest BCUT2D eigenvalue weighted by Gasteiger charge is 2.39. The predicted molar refractivity (Wildman–Crippen MR) is 180 cm³/mol. The number of amidine groups is 1. The van der Waals surface area contributed by atoms with Crippen LogP contribution < -0.4 is 25.0 Å². The number of carbonyl (C=O) groups is 2. The van der Waals surface area contributed by atoms with Gasteiger partial charge in [-0.1, -0.05) is 6.07 Å². The normalized spacial score (nSPS) is 14.0. The summed E-state index contributed by atoms with van der Waals surface area (Å²) < 4.78 is 96.5. The lowest BCUT2D eigenvalue weighted by molar-refractivity contribution is -0.193. The molecule has 53 heavy (non-hydrogen) atoms. The van der Waals surface area contributed by atoms with E-state index in [0.29, 0.717) is 42.4 Å². The molecule has 1 fully saturated rings. The maximum Gasteiger partial charge on any atom is 0.490 e. The van der Waals surface area contributed by atoms with Crippen LogP contribution in [0.15, 0.2) is 54.6 Å². The number of nitrogens with zero attached hydrogens (tertiary/aromatic N) is 3. The van der Waals surface area contributed by atoms with Crippen LogP contribution in [-0.4, -0.2) is 84.3 Å². The molecule has 0 spiro atoms. The fourth-order valence-corrected chi connectivity index (χ4v) is 4.86. The minimum Gasteiger partial charge on any atom is -0.494 e. The van der Waals surface area contributed by atoms with Gasteiger partial charge >= 0.3 is 24.3 Å². The molecule has 0 unspecified atom stereocenters. The lowest BCUT2D eigenvalue weighted by Crippen LogP contribution is -2.33.